The summed E-state index contributed by atoms with van der Waals surface area (Å²) in [5.41, 5.74) is 2.78. The van der Waals surface area contributed by atoms with Crippen molar-refractivity contribution >= 4 is 11.6 Å². The molecule has 1 fully saturated rings. The van der Waals surface area contributed by atoms with Crippen molar-refractivity contribution in [2.45, 2.75) is 32.3 Å². The number of rotatable bonds is 5. The van der Waals surface area contributed by atoms with Crippen molar-refractivity contribution < 1.29 is 14.3 Å². The molecule has 2 heterocycles. The molecular weight excluding hydrogens is 258 g/mol. The Balaban J connectivity index is 2.11. The van der Waals surface area contributed by atoms with E-state index in [4.69, 9.17) is 9.47 Å². The minimum atomic E-state index is -0.432. The van der Waals surface area contributed by atoms with E-state index in [1.165, 1.54) is 12.8 Å². The Morgan fingerprint density at radius 2 is 2.30 bits per heavy atom. The molecular formula is C14H17N3O3. The summed E-state index contributed by atoms with van der Waals surface area (Å²) in [6, 6.07) is 2.03. The lowest BCUT2D eigenvalue weighted by Crippen LogP contribution is -2.08. The maximum Gasteiger partial charge on any atom is 0.360 e. The van der Waals surface area contributed by atoms with Crippen molar-refractivity contribution in [3.63, 3.8) is 0 Å². The van der Waals surface area contributed by atoms with E-state index in [1.54, 1.807) is 20.4 Å². The summed E-state index contributed by atoms with van der Waals surface area (Å²) in [7, 11) is 1.63. The van der Waals surface area contributed by atoms with Crippen LogP contribution in [0.25, 0.3) is 5.65 Å². The van der Waals surface area contributed by atoms with E-state index >= 15 is 0 Å². The first-order valence-corrected chi connectivity index (χ1v) is 6.77. The average molecular weight is 275 g/mol. The SMILES string of the molecule is CCOC(=O)c1ncn2c(C3CC3)cc(COC)nc12. The second-order valence-corrected chi connectivity index (χ2v) is 4.89. The van der Waals surface area contributed by atoms with Crippen LogP contribution in [0.4, 0.5) is 0 Å². The number of hydrogen-bond donors (Lipinski definition) is 0. The van der Waals surface area contributed by atoms with Crippen molar-refractivity contribution in [3.8, 4) is 0 Å². The molecule has 0 aromatic carbocycles. The number of imidazole rings is 1. The molecule has 0 unspecified atom stereocenters. The number of carbonyl (C=O) groups is 1. The Kier molecular flexibility index (Phi) is 3.40. The molecule has 20 heavy (non-hydrogen) atoms. The highest BCUT2D eigenvalue weighted by molar-refractivity contribution is 5.93. The lowest BCUT2D eigenvalue weighted by molar-refractivity contribution is 0.0522. The minimum Gasteiger partial charge on any atom is -0.461 e. The van der Waals surface area contributed by atoms with Crippen LogP contribution in [0.1, 0.15) is 47.6 Å². The number of methoxy groups -OCH3 is 1. The van der Waals surface area contributed by atoms with Gasteiger partial charge < -0.3 is 9.47 Å². The summed E-state index contributed by atoms with van der Waals surface area (Å²) in [6.07, 6.45) is 3.98. The third-order valence-corrected chi connectivity index (χ3v) is 3.34. The Labute approximate surface area is 116 Å². The Bertz CT molecular complexity index is 646. The van der Waals surface area contributed by atoms with Crippen LogP contribution in [0.2, 0.25) is 0 Å². The fraction of sp³-hybridized carbons (Fsp3) is 0.500. The second-order valence-electron chi connectivity index (χ2n) is 4.89. The Morgan fingerprint density at radius 3 is 2.95 bits per heavy atom. The van der Waals surface area contributed by atoms with Crippen LogP contribution in [0, 0.1) is 0 Å². The van der Waals surface area contributed by atoms with Crippen LogP contribution in [0.15, 0.2) is 12.4 Å². The summed E-state index contributed by atoms with van der Waals surface area (Å²) in [6.45, 7) is 2.52. The van der Waals surface area contributed by atoms with Gasteiger partial charge in [-0.15, -0.1) is 0 Å². The van der Waals surface area contributed by atoms with Crippen LogP contribution in [-0.2, 0) is 16.1 Å². The molecule has 3 rings (SSSR count). The maximum atomic E-state index is 11.9. The first-order chi connectivity index (χ1) is 9.74. The third-order valence-electron chi connectivity index (χ3n) is 3.34. The molecule has 0 amide bonds. The predicted molar refractivity (Wildman–Crippen MR) is 71.6 cm³/mol. The first-order valence-electron chi connectivity index (χ1n) is 6.77. The quantitative estimate of drug-likeness (QED) is 0.780. The Morgan fingerprint density at radius 1 is 1.50 bits per heavy atom. The largest absolute Gasteiger partial charge is 0.461 e. The molecule has 0 radical (unpaired) electrons. The van der Waals surface area contributed by atoms with Gasteiger partial charge in [-0.2, -0.15) is 0 Å². The van der Waals surface area contributed by atoms with Crippen LogP contribution >= 0.6 is 0 Å². The van der Waals surface area contributed by atoms with E-state index < -0.39 is 5.97 Å². The van der Waals surface area contributed by atoms with Crippen molar-refractivity contribution in [2.24, 2.45) is 0 Å². The minimum absolute atomic E-state index is 0.270. The van der Waals surface area contributed by atoms with E-state index in [0.717, 1.165) is 11.4 Å². The highest BCUT2D eigenvalue weighted by atomic mass is 16.5. The van der Waals surface area contributed by atoms with Gasteiger partial charge in [0.1, 0.15) is 6.33 Å². The number of fused-ring (bicyclic) bond motifs is 1. The van der Waals surface area contributed by atoms with Gasteiger partial charge >= 0.3 is 5.97 Å². The lowest BCUT2D eigenvalue weighted by atomic mass is 10.2. The molecule has 0 saturated heterocycles. The zero-order valence-corrected chi connectivity index (χ0v) is 11.6. The van der Waals surface area contributed by atoms with Crippen LogP contribution in [0.5, 0.6) is 0 Å². The van der Waals surface area contributed by atoms with E-state index in [1.807, 2.05) is 10.5 Å². The molecule has 2 aromatic heterocycles. The van der Waals surface area contributed by atoms with Gasteiger partial charge in [0, 0.05) is 12.8 Å². The van der Waals surface area contributed by atoms with Crippen LogP contribution < -0.4 is 0 Å². The highest BCUT2D eigenvalue weighted by Gasteiger charge is 2.28. The fourth-order valence-corrected chi connectivity index (χ4v) is 2.31. The predicted octanol–water partition coefficient (Wildman–Crippen LogP) is 1.93. The van der Waals surface area contributed by atoms with Gasteiger partial charge in [0.15, 0.2) is 11.3 Å². The normalized spacial score (nSPS) is 14.7. The molecule has 1 saturated carbocycles. The van der Waals surface area contributed by atoms with Crippen LogP contribution in [-0.4, -0.2) is 34.1 Å². The molecule has 1 aliphatic rings. The van der Waals surface area contributed by atoms with Gasteiger partial charge in [0.05, 0.1) is 18.9 Å². The number of hydrogen-bond acceptors (Lipinski definition) is 5. The van der Waals surface area contributed by atoms with Crippen molar-refractivity contribution in [1.82, 2.24) is 14.4 Å². The first kappa shape index (κ1) is 13.1. The van der Waals surface area contributed by atoms with Gasteiger partial charge in [0.25, 0.3) is 0 Å². The number of esters is 1. The van der Waals surface area contributed by atoms with Crippen LogP contribution in [0.3, 0.4) is 0 Å². The second kappa shape index (κ2) is 5.20. The molecule has 6 heteroatoms. The molecule has 0 atom stereocenters. The zero-order valence-electron chi connectivity index (χ0n) is 11.6. The molecule has 0 N–H and O–H groups in total. The summed E-state index contributed by atoms with van der Waals surface area (Å²) >= 11 is 0. The number of aromatic nitrogens is 3. The smallest absolute Gasteiger partial charge is 0.360 e. The summed E-state index contributed by atoms with van der Waals surface area (Å²) in [4.78, 5) is 20.6. The average Bonchev–Trinajstić information content (AvgIpc) is 3.18. The van der Waals surface area contributed by atoms with E-state index in [2.05, 4.69) is 9.97 Å². The number of ether oxygens (including phenoxy) is 2. The van der Waals surface area contributed by atoms with E-state index in [9.17, 15) is 4.79 Å². The summed E-state index contributed by atoms with van der Waals surface area (Å²) < 4.78 is 12.1. The highest BCUT2D eigenvalue weighted by Crippen LogP contribution is 2.40. The van der Waals surface area contributed by atoms with Gasteiger partial charge in [-0.1, -0.05) is 0 Å². The fourth-order valence-electron chi connectivity index (χ4n) is 2.31. The molecule has 1 aliphatic carbocycles. The molecule has 0 bridgehead atoms. The number of nitrogens with zero attached hydrogens (tertiary/aromatic N) is 3. The van der Waals surface area contributed by atoms with Crippen molar-refractivity contribution in [3.05, 3.63) is 29.5 Å². The molecule has 0 aliphatic heterocycles. The van der Waals surface area contributed by atoms with E-state index in [0.29, 0.717) is 24.8 Å². The van der Waals surface area contributed by atoms with Gasteiger partial charge in [-0.3, -0.25) is 4.40 Å². The zero-order chi connectivity index (χ0) is 14.1. The Hall–Kier alpha value is -1.95. The third kappa shape index (κ3) is 2.27. The summed E-state index contributed by atoms with van der Waals surface area (Å²) in [5.74, 6) is 0.0964. The van der Waals surface area contributed by atoms with Gasteiger partial charge in [0.2, 0.25) is 0 Å². The lowest BCUT2D eigenvalue weighted by Gasteiger charge is -2.07. The van der Waals surface area contributed by atoms with Gasteiger partial charge in [-0.05, 0) is 31.7 Å². The van der Waals surface area contributed by atoms with Crippen molar-refractivity contribution in [2.75, 3.05) is 13.7 Å². The topological polar surface area (TPSA) is 65.7 Å². The standard InChI is InChI=1S/C14H17N3O3/c1-3-20-14(18)12-13-16-10(7-19-2)6-11(9-4-5-9)17(13)8-15-12/h6,8-9H,3-5,7H2,1-2H3. The molecule has 0 spiro atoms. The maximum absolute atomic E-state index is 11.9. The molecule has 6 nitrogen and oxygen atoms in total. The number of carbonyl (C=O) groups excluding carboxylic acids is 1. The summed E-state index contributed by atoms with van der Waals surface area (Å²) in [5, 5.41) is 0. The van der Waals surface area contributed by atoms with Crippen molar-refractivity contribution in [1.29, 1.82) is 0 Å². The van der Waals surface area contributed by atoms with E-state index in [-0.39, 0.29) is 5.69 Å². The molecule has 2 aromatic rings. The monoisotopic (exact) mass is 275 g/mol. The van der Waals surface area contributed by atoms with Gasteiger partial charge in [-0.25, -0.2) is 14.8 Å². The molecule has 106 valence electrons.